The van der Waals surface area contributed by atoms with Crippen LogP contribution in [0.5, 0.6) is 0 Å². The molecule has 0 spiro atoms. The van der Waals surface area contributed by atoms with Gasteiger partial charge in [-0.15, -0.1) is 11.3 Å². The molecule has 0 aliphatic carbocycles. The van der Waals surface area contributed by atoms with E-state index >= 15 is 0 Å². The summed E-state index contributed by atoms with van der Waals surface area (Å²) in [7, 11) is 0. The van der Waals surface area contributed by atoms with Crippen LogP contribution in [0, 0.1) is 11.6 Å². The second-order valence-corrected chi connectivity index (χ2v) is 6.69. The van der Waals surface area contributed by atoms with Gasteiger partial charge in [0.05, 0.1) is 24.6 Å². The van der Waals surface area contributed by atoms with Crippen LogP contribution in [0.4, 0.5) is 8.78 Å². The highest BCUT2D eigenvalue weighted by atomic mass is 32.1. The number of nitrogens with one attached hydrogen (secondary N) is 2. The summed E-state index contributed by atoms with van der Waals surface area (Å²) in [6, 6.07) is 6.97. The molecule has 0 radical (unpaired) electrons. The molecule has 1 aliphatic heterocycles. The van der Waals surface area contributed by atoms with Gasteiger partial charge in [-0.2, -0.15) is 0 Å². The van der Waals surface area contributed by atoms with Gasteiger partial charge in [0.2, 0.25) is 0 Å². The fourth-order valence-corrected chi connectivity index (χ4v) is 3.79. The molecule has 1 fully saturated rings. The molecule has 24 heavy (non-hydrogen) atoms. The van der Waals surface area contributed by atoms with Crippen molar-refractivity contribution in [3.63, 3.8) is 0 Å². The van der Waals surface area contributed by atoms with Gasteiger partial charge in [-0.25, -0.2) is 8.78 Å². The number of thiophene rings is 1. The third-order valence-electron chi connectivity index (χ3n) is 4.11. The minimum Gasteiger partial charge on any atom is -0.370 e. The predicted molar refractivity (Wildman–Crippen MR) is 87.3 cm³/mol. The van der Waals surface area contributed by atoms with E-state index in [1.807, 2.05) is 17.5 Å². The van der Waals surface area contributed by atoms with E-state index in [2.05, 4.69) is 5.32 Å². The highest BCUT2D eigenvalue weighted by molar-refractivity contribution is 7.10. The summed E-state index contributed by atoms with van der Waals surface area (Å²) in [6.45, 7) is 3.54. The number of benzene rings is 1. The number of quaternary nitrogens is 1. The highest BCUT2D eigenvalue weighted by Gasteiger charge is 2.27. The van der Waals surface area contributed by atoms with E-state index in [0.717, 1.165) is 31.3 Å². The molecule has 4 nitrogen and oxygen atoms in total. The topological polar surface area (TPSA) is 42.8 Å². The van der Waals surface area contributed by atoms with Crippen LogP contribution in [0.2, 0.25) is 0 Å². The van der Waals surface area contributed by atoms with Crippen molar-refractivity contribution in [2.75, 3.05) is 32.8 Å². The number of amides is 1. The molecule has 1 atom stereocenters. The fourth-order valence-electron chi connectivity index (χ4n) is 2.90. The smallest absolute Gasteiger partial charge is 0.251 e. The first-order chi connectivity index (χ1) is 11.6. The third-order valence-corrected chi connectivity index (χ3v) is 5.09. The Bertz CT molecular complexity index is 668. The van der Waals surface area contributed by atoms with E-state index in [1.165, 1.54) is 9.78 Å². The zero-order chi connectivity index (χ0) is 16.9. The van der Waals surface area contributed by atoms with Crippen molar-refractivity contribution in [1.29, 1.82) is 0 Å². The maximum atomic E-state index is 13.3. The SMILES string of the molecule is O=C(NC[C@H](c1cccs1)[NH+]1CCOCC1)c1cc(F)cc(F)c1. The normalized spacial score (nSPS) is 16.8. The Kier molecular flexibility index (Phi) is 5.55. The molecule has 0 unspecified atom stereocenters. The Hall–Kier alpha value is -1.83. The van der Waals surface area contributed by atoms with E-state index < -0.39 is 17.5 Å². The number of carbonyl (C=O) groups is 1. The van der Waals surface area contributed by atoms with E-state index in [4.69, 9.17) is 4.74 Å². The molecule has 1 amide bonds. The Balaban J connectivity index is 1.69. The van der Waals surface area contributed by atoms with Crippen molar-refractivity contribution in [2.45, 2.75) is 6.04 Å². The van der Waals surface area contributed by atoms with Gasteiger partial charge in [-0.3, -0.25) is 4.79 Å². The molecule has 0 saturated carbocycles. The van der Waals surface area contributed by atoms with Gasteiger partial charge in [-0.05, 0) is 23.6 Å². The van der Waals surface area contributed by atoms with Crippen molar-refractivity contribution in [1.82, 2.24) is 5.32 Å². The zero-order valence-electron chi connectivity index (χ0n) is 13.1. The second-order valence-electron chi connectivity index (χ2n) is 5.71. The highest BCUT2D eigenvalue weighted by Crippen LogP contribution is 2.16. The molecule has 0 bridgehead atoms. The minimum atomic E-state index is -0.756. The van der Waals surface area contributed by atoms with Crippen LogP contribution in [-0.2, 0) is 4.74 Å². The van der Waals surface area contributed by atoms with E-state index in [1.54, 1.807) is 11.3 Å². The van der Waals surface area contributed by atoms with Crippen LogP contribution in [0.3, 0.4) is 0 Å². The van der Waals surface area contributed by atoms with E-state index in [0.29, 0.717) is 19.8 Å². The van der Waals surface area contributed by atoms with Crippen molar-refractivity contribution < 1.29 is 23.2 Å². The van der Waals surface area contributed by atoms with Crippen molar-refractivity contribution in [2.24, 2.45) is 0 Å². The molecule has 1 saturated heterocycles. The number of carbonyl (C=O) groups excluding carboxylic acids is 1. The molecular weight excluding hydrogens is 334 g/mol. The summed E-state index contributed by atoms with van der Waals surface area (Å²) < 4.78 is 31.9. The number of ether oxygens (including phenoxy) is 1. The van der Waals surface area contributed by atoms with E-state index in [9.17, 15) is 13.6 Å². The van der Waals surface area contributed by atoms with Crippen LogP contribution in [0.15, 0.2) is 35.7 Å². The molecule has 1 aliphatic rings. The van der Waals surface area contributed by atoms with Gasteiger partial charge >= 0.3 is 0 Å². The van der Waals surface area contributed by atoms with E-state index in [-0.39, 0.29) is 11.6 Å². The molecule has 2 heterocycles. The number of morpholine rings is 1. The molecule has 2 aromatic rings. The lowest BCUT2D eigenvalue weighted by atomic mass is 10.1. The zero-order valence-corrected chi connectivity index (χ0v) is 13.9. The first-order valence-electron chi connectivity index (χ1n) is 7.83. The summed E-state index contributed by atoms with van der Waals surface area (Å²) in [5, 5.41) is 4.82. The van der Waals surface area contributed by atoms with Gasteiger partial charge in [0.25, 0.3) is 5.91 Å². The lowest BCUT2D eigenvalue weighted by molar-refractivity contribution is -0.937. The van der Waals surface area contributed by atoms with Crippen LogP contribution in [-0.4, -0.2) is 38.8 Å². The lowest BCUT2D eigenvalue weighted by Crippen LogP contribution is -3.15. The number of halogens is 2. The summed E-state index contributed by atoms with van der Waals surface area (Å²) in [6.07, 6.45) is 0. The second kappa shape index (κ2) is 7.83. The first kappa shape index (κ1) is 17.0. The molecule has 7 heteroatoms. The standard InChI is InChI=1S/C17H18F2N2O2S/c18-13-8-12(9-14(19)10-13)17(22)20-11-15(16-2-1-7-24-16)21-3-5-23-6-4-21/h1-2,7-10,15H,3-6,11H2,(H,20,22)/p+1/t15-/m1/s1. The molecule has 1 aromatic heterocycles. The molecule has 3 rings (SSSR count). The Morgan fingerprint density at radius 2 is 1.96 bits per heavy atom. The maximum Gasteiger partial charge on any atom is 0.251 e. The number of hydrogen-bond acceptors (Lipinski definition) is 3. The Morgan fingerprint density at radius 3 is 2.58 bits per heavy atom. The average molecular weight is 353 g/mol. The Labute approximate surface area is 143 Å². The molecule has 128 valence electrons. The van der Waals surface area contributed by atoms with Gasteiger partial charge in [0.15, 0.2) is 0 Å². The minimum absolute atomic E-state index is 0.00518. The van der Waals surface area contributed by atoms with Gasteiger partial charge in [0, 0.05) is 11.6 Å². The van der Waals surface area contributed by atoms with Gasteiger partial charge < -0.3 is 15.0 Å². The Morgan fingerprint density at radius 1 is 1.25 bits per heavy atom. The maximum absolute atomic E-state index is 13.3. The summed E-state index contributed by atoms with van der Waals surface area (Å²) in [5.41, 5.74) is -0.00518. The van der Waals surface area contributed by atoms with Crippen LogP contribution >= 0.6 is 11.3 Å². The monoisotopic (exact) mass is 353 g/mol. The molecular formula is C17H19F2N2O2S+. The number of hydrogen-bond donors (Lipinski definition) is 2. The van der Waals surface area contributed by atoms with Crippen molar-refractivity contribution in [3.8, 4) is 0 Å². The number of rotatable bonds is 5. The average Bonchev–Trinajstić information content (AvgIpc) is 3.09. The van der Waals surface area contributed by atoms with Gasteiger partial charge in [-0.1, -0.05) is 6.07 Å². The summed E-state index contributed by atoms with van der Waals surface area (Å²) in [4.78, 5) is 14.8. The summed E-state index contributed by atoms with van der Waals surface area (Å²) in [5.74, 6) is -1.98. The quantitative estimate of drug-likeness (QED) is 0.854. The largest absolute Gasteiger partial charge is 0.370 e. The van der Waals surface area contributed by atoms with Crippen LogP contribution in [0.25, 0.3) is 0 Å². The van der Waals surface area contributed by atoms with Crippen molar-refractivity contribution >= 4 is 17.2 Å². The van der Waals surface area contributed by atoms with Gasteiger partial charge in [0.1, 0.15) is 30.8 Å². The summed E-state index contributed by atoms with van der Waals surface area (Å²) >= 11 is 1.64. The van der Waals surface area contributed by atoms with Crippen molar-refractivity contribution in [3.05, 3.63) is 57.8 Å². The third kappa shape index (κ3) is 4.17. The van der Waals surface area contributed by atoms with Crippen LogP contribution in [0.1, 0.15) is 21.3 Å². The first-order valence-corrected chi connectivity index (χ1v) is 8.71. The fraction of sp³-hybridized carbons (Fsp3) is 0.353. The lowest BCUT2D eigenvalue weighted by Gasteiger charge is -2.31. The van der Waals surface area contributed by atoms with Crippen LogP contribution < -0.4 is 10.2 Å². The molecule has 2 N–H and O–H groups in total. The predicted octanol–water partition coefficient (Wildman–Crippen LogP) is 1.41. The molecule has 1 aromatic carbocycles.